The first-order valence-corrected chi connectivity index (χ1v) is 6.72. The third-order valence-electron chi connectivity index (χ3n) is 2.64. The number of hydrogen-bond acceptors (Lipinski definition) is 3. The summed E-state index contributed by atoms with van der Waals surface area (Å²) in [5, 5.41) is 2.92. The molecule has 0 aliphatic carbocycles. The maximum Gasteiger partial charge on any atom is 0.249 e. The highest BCUT2D eigenvalue weighted by atomic mass is 32.2. The number of benzene rings is 1. The zero-order chi connectivity index (χ0) is 13.3. The molecule has 0 aromatic heterocycles. The summed E-state index contributed by atoms with van der Waals surface area (Å²) in [7, 11) is -4.26. The Kier molecular flexibility index (Phi) is 3.60. The molecule has 100 valence electrons. The van der Waals surface area contributed by atoms with Gasteiger partial charge in [-0.25, -0.2) is 21.6 Å². The molecule has 1 fully saturated rings. The number of piperazine rings is 1. The Morgan fingerprint density at radius 2 is 1.56 bits per heavy atom. The monoisotopic (exact) mass is 280 g/mol. The van der Waals surface area contributed by atoms with Crippen LogP contribution in [0.5, 0.6) is 0 Å². The van der Waals surface area contributed by atoms with E-state index in [-0.39, 0.29) is 13.1 Å². The standard InChI is InChI=1S/C10H11F3N2O2S/c11-7-5-8(12)10(9(13)6-7)18(16,17)15-3-1-14-2-4-15/h5-6,14H,1-4H2. The molecule has 1 aliphatic heterocycles. The van der Waals surface area contributed by atoms with Crippen molar-refractivity contribution in [2.45, 2.75) is 4.90 Å². The van der Waals surface area contributed by atoms with Crippen molar-refractivity contribution < 1.29 is 21.6 Å². The fourth-order valence-corrected chi connectivity index (χ4v) is 3.32. The Balaban J connectivity index is 2.47. The van der Waals surface area contributed by atoms with Crippen LogP contribution in [0.3, 0.4) is 0 Å². The van der Waals surface area contributed by atoms with Crippen molar-refractivity contribution in [2.75, 3.05) is 26.2 Å². The van der Waals surface area contributed by atoms with E-state index in [0.717, 1.165) is 4.31 Å². The molecule has 0 saturated carbocycles. The van der Waals surface area contributed by atoms with Crippen molar-refractivity contribution in [3.05, 3.63) is 29.6 Å². The second kappa shape index (κ2) is 4.87. The van der Waals surface area contributed by atoms with Gasteiger partial charge in [-0.1, -0.05) is 0 Å². The highest BCUT2D eigenvalue weighted by molar-refractivity contribution is 7.89. The lowest BCUT2D eigenvalue weighted by Crippen LogP contribution is -2.46. The van der Waals surface area contributed by atoms with Gasteiger partial charge in [0.25, 0.3) is 0 Å². The largest absolute Gasteiger partial charge is 0.314 e. The Hall–Kier alpha value is -1.12. The van der Waals surface area contributed by atoms with Crippen LogP contribution in [0.15, 0.2) is 17.0 Å². The summed E-state index contributed by atoms with van der Waals surface area (Å²) in [4.78, 5) is -1.09. The summed E-state index contributed by atoms with van der Waals surface area (Å²) in [6, 6.07) is 0.719. The normalized spacial score (nSPS) is 17.9. The van der Waals surface area contributed by atoms with Crippen LogP contribution < -0.4 is 5.32 Å². The molecule has 4 nitrogen and oxygen atoms in total. The quantitative estimate of drug-likeness (QED) is 0.867. The Bertz CT molecular complexity index is 533. The minimum absolute atomic E-state index is 0.124. The topological polar surface area (TPSA) is 49.4 Å². The second-order valence-electron chi connectivity index (χ2n) is 3.85. The zero-order valence-electron chi connectivity index (χ0n) is 9.29. The molecular weight excluding hydrogens is 269 g/mol. The predicted octanol–water partition coefficient (Wildman–Crippen LogP) is 0.698. The fraction of sp³-hybridized carbons (Fsp3) is 0.400. The lowest BCUT2D eigenvalue weighted by molar-refractivity contribution is 0.355. The summed E-state index contributed by atoms with van der Waals surface area (Å²) < 4.78 is 64.7. The van der Waals surface area contributed by atoms with Gasteiger partial charge in [-0.15, -0.1) is 0 Å². The number of hydrogen-bond donors (Lipinski definition) is 1. The molecule has 1 aromatic rings. The highest BCUT2D eigenvalue weighted by Crippen LogP contribution is 2.23. The first kappa shape index (κ1) is 13.3. The molecule has 0 bridgehead atoms. The van der Waals surface area contributed by atoms with Gasteiger partial charge in [0.2, 0.25) is 10.0 Å². The minimum Gasteiger partial charge on any atom is -0.314 e. The maximum absolute atomic E-state index is 13.5. The van der Waals surface area contributed by atoms with Gasteiger partial charge in [-0.3, -0.25) is 0 Å². The Labute approximate surface area is 102 Å². The van der Waals surface area contributed by atoms with Crippen molar-refractivity contribution >= 4 is 10.0 Å². The number of halogens is 3. The molecule has 1 aliphatic rings. The summed E-state index contributed by atoms with van der Waals surface area (Å²) in [6.07, 6.45) is 0. The van der Waals surface area contributed by atoms with Gasteiger partial charge in [0.05, 0.1) is 0 Å². The smallest absolute Gasteiger partial charge is 0.249 e. The van der Waals surface area contributed by atoms with Crippen LogP contribution in [0.2, 0.25) is 0 Å². The summed E-state index contributed by atoms with van der Waals surface area (Å²) in [5.74, 6) is -3.97. The Morgan fingerprint density at radius 1 is 1.06 bits per heavy atom. The summed E-state index contributed by atoms with van der Waals surface area (Å²) in [5.41, 5.74) is 0. The first-order chi connectivity index (χ1) is 8.43. The average Bonchev–Trinajstić information content (AvgIpc) is 2.28. The maximum atomic E-state index is 13.5. The fourth-order valence-electron chi connectivity index (χ4n) is 1.79. The molecule has 1 saturated heterocycles. The van der Waals surface area contributed by atoms with E-state index in [2.05, 4.69) is 5.32 Å². The summed E-state index contributed by atoms with van der Waals surface area (Å²) >= 11 is 0. The number of nitrogens with one attached hydrogen (secondary N) is 1. The number of rotatable bonds is 2. The molecule has 1 aromatic carbocycles. The van der Waals surface area contributed by atoms with Crippen LogP contribution in [-0.4, -0.2) is 38.9 Å². The van der Waals surface area contributed by atoms with E-state index >= 15 is 0 Å². The predicted molar refractivity (Wildman–Crippen MR) is 57.9 cm³/mol. The third kappa shape index (κ3) is 2.36. The summed E-state index contributed by atoms with van der Waals surface area (Å²) in [6.45, 7) is 1.06. The van der Waals surface area contributed by atoms with Gasteiger partial charge >= 0.3 is 0 Å². The van der Waals surface area contributed by atoms with Crippen LogP contribution >= 0.6 is 0 Å². The molecule has 1 N–H and O–H groups in total. The van der Waals surface area contributed by atoms with Crippen molar-refractivity contribution in [2.24, 2.45) is 0 Å². The van der Waals surface area contributed by atoms with Crippen LogP contribution in [0, 0.1) is 17.5 Å². The zero-order valence-corrected chi connectivity index (χ0v) is 10.1. The Morgan fingerprint density at radius 3 is 2.06 bits per heavy atom. The second-order valence-corrected chi connectivity index (χ2v) is 5.73. The highest BCUT2D eigenvalue weighted by Gasteiger charge is 2.32. The van der Waals surface area contributed by atoms with Gasteiger partial charge in [0.15, 0.2) is 4.90 Å². The van der Waals surface area contributed by atoms with E-state index in [0.29, 0.717) is 25.2 Å². The third-order valence-corrected chi connectivity index (χ3v) is 4.59. The molecular formula is C10H11F3N2O2S. The van der Waals surface area contributed by atoms with Gasteiger partial charge in [-0.2, -0.15) is 4.31 Å². The molecule has 1 heterocycles. The van der Waals surface area contributed by atoms with Crippen LogP contribution in [0.25, 0.3) is 0 Å². The van der Waals surface area contributed by atoms with Crippen LogP contribution in [0.4, 0.5) is 13.2 Å². The van der Waals surface area contributed by atoms with Crippen LogP contribution in [0.1, 0.15) is 0 Å². The number of sulfonamides is 1. The van der Waals surface area contributed by atoms with Crippen molar-refractivity contribution in [1.29, 1.82) is 0 Å². The van der Waals surface area contributed by atoms with Gasteiger partial charge in [0, 0.05) is 38.3 Å². The van der Waals surface area contributed by atoms with Crippen molar-refractivity contribution in [1.82, 2.24) is 9.62 Å². The lowest BCUT2D eigenvalue weighted by Gasteiger charge is -2.26. The molecule has 2 rings (SSSR count). The molecule has 0 spiro atoms. The van der Waals surface area contributed by atoms with Crippen LogP contribution in [-0.2, 0) is 10.0 Å². The van der Waals surface area contributed by atoms with Gasteiger partial charge in [-0.05, 0) is 0 Å². The van der Waals surface area contributed by atoms with E-state index < -0.39 is 32.4 Å². The number of nitrogens with zero attached hydrogens (tertiary/aromatic N) is 1. The molecule has 0 amide bonds. The van der Waals surface area contributed by atoms with Gasteiger partial charge in [0.1, 0.15) is 17.5 Å². The molecule has 18 heavy (non-hydrogen) atoms. The SMILES string of the molecule is O=S(=O)(c1c(F)cc(F)cc1F)N1CCNCC1. The van der Waals surface area contributed by atoms with E-state index in [1.54, 1.807) is 0 Å². The van der Waals surface area contributed by atoms with E-state index in [4.69, 9.17) is 0 Å². The minimum atomic E-state index is -4.26. The van der Waals surface area contributed by atoms with E-state index in [1.807, 2.05) is 0 Å². The van der Waals surface area contributed by atoms with E-state index in [9.17, 15) is 21.6 Å². The van der Waals surface area contributed by atoms with Crippen molar-refractivity contribution in [3.8, 4) is 0 Å². The molecule has 8 heteroatoms. The van der Waals surface area contributed by atoms with Crippen molar-refractivity contribution in [3.63, 3.8) is 0 Å². The first-order valence-electron chi connectivity index (χ1n) is 5.28. The van der Waals surface area contributed by atoms with E-state index in [1.165, 1.54) is 0 Å². The molecule has 0 atom stereocenters. The lowest BCUT2D eigenvalue weighted by atomic mass is 10.3. The molecule has 0 unspecified atom stereocenters. The van der Waals surface area contributed by atoms with Gasteiger partial charge < -0.3 is 5.32 Å². The molecule has 0 radical (unpaired) electrons. The average molecular weight is 280 g/mol.